The Labute approximate surface area is 111 Å². The first-order valence-corrected chi connectivity index (χ1v) is 7.10. The van der Waals surface area contributed by atoms with Crippen molar-refractivity contribution in [1.82, 2.24) is 15.2 Å². The second-order valence-electron chi connectivity index (χ2n) is 4.19. The van der Waals surface area contributed by atoms with Crippen LogP contribution in [0.1, 0.15) is 17.0 Å². The molecule has 0 saturated heterocycles. The highest BCUT2D eigenvalue weighted by molar-refractivity contribution is 7.92. The van der Waals surface area contributed by atoms with Gasteiger partial charge in [0, 0.05) is 12.7 Å². The number of nitrogens with one attached hydrogen (secondary N) is 2. The summed E-state index contributed by atoms with van der Waals surface area (Å²) in [5, 5.41) is 6.50. The molecule has 7 nitrogen and oxygen atoms in total. The highest BCUT2D eigenvalue weighted by Crippen LogP contribution is 2.21. The normalized spacial score (nSPS) is 11.5. The van der Waals surface area contributed by atoms with E-state index < -0.39 is 10.0 Å². The van der Waals surface area contributed by atoms with Crippen molar-refractivity contribution < 1.29 is 8.42 Å². The van der Waals surface area contributed by atoms with Crippen LogP contribution in [0.4, 0.5) is 5.69 Å². The van der Waals surface area contributed by atoms with Crippen LogP contribution in [0.2, 0.25) is 0 Å². The molecular weight excluding hydrogens is 266 g/mol. The number of nitrogens with two attached hydrogens (primary N) is 1. The molecule has 0 spiro atoms. The number of nitrogens with zero attached hydrogens (tertiary/aromatic N) is 2. The molecule has 0 fully saturated rings. The number of rotatable bonds is 4. The third kappa shape index (κ3) is 2.74. The first-order chi connectivity index (χ1) is 8.94. The Morgan fingerprint density at radius 1 is 1.37 bits per heavy atom. The van der Waals surface area contributed by atoms with Crippen molar-refractivity contribution in [3.05, 3.63) is 35.4 Å². The molecule has 0 aliphatic rings. The van der Waals surface area contributed by atoms with Crippen LogP contribution in [-0.2, 0) is 16.6 Å². The van der Waals surface area contributed by atoms with Crippen LogP contribution < -0.4 is 10.5 Å². The number of aromatic nitrogens is 3. The Bertz CT molecular complexity index is 693. The molecule has 0 aliphatic carbocycles. The van der Waals surface area contributed by atoms with Gasteiger partial charge in [-0.2, -0.15) is 5.10 Å². The number of hydrogen-bond acceptors (Lipinski definition) is 5. The van der Waals surface area contributed by atoms with Crippen LogP contribution in [0, 0.1) is 13.8 Å². The number of anilines is 1. The number of pyridine rings is 1. The van der Waals surface area contributed by atoms with Gasteiger partial charge in [-0.05, 0) is 25.5 Å². The lowest BCUT2D eigenvalue weighted by molar-refractivity contribution is 0.599. The minimum absolute atomic E-state index is 0.0483. The summed E-state index contributed by atoms with van der Waals surface area (Å²) in [5.41, 5.74) is 7.52. The van der Waals surface area contributed by atoms with E-state index in [2.05, 4.69) is 19.9 Å². The molecule has 0 saturated carbocycles. The first kappa shape index (κ1) is 13.5. The summed E-state index contributed by atoms with van der Waals surface area (Å²) in [5.74, 6) is 0. The quantitative estimate of drug-likeness (QED) is 0.762. The Morgan fingerprint density at radius 3 is 2.74 bits per heavy atom. The summed E-state index contributed by atoms with van der Waals surface area (Å²) in [4.78, 5) is 4.03. The lowest BCUT2D eigenvalue weighted by Crippen LogP contribution is -2.16. The molecule has 0 aliphatic heterocycles. The van der Waals surface area contributed by atoms with Crippen LogP contribution in [0.3, 0.4) is 0 Å². The molecule has 0 unspecified atom stereocenters. The van der Waals surface area contributed by atoms with Gasteiger partial charge in [0.25, 0.3) is 10.0 Å². The van der Waals surface area contributed by atoms with Crippen molar-refractivity contribution in [1.29, 1.82) is 0 Å². The van der Waals surface area contributed by atoms with E-state index in [0.29, 0.717) is 17.1 Å². The number of aryl methyl sites for hydroxylation is 2. The van der Waals surface area contributed by atoms with Crippen molar-refractivity contribution in [2.24, 2.45) is 5.73 Å². The summed E-state index contributed by atoms with van der Waals surface area (Å²) in [7, 11) is -3.72. The molecule has 0 radical (unpaired) electrons. The van der Waals surface area contributed by atoms with Gasteiger partial charge >= 0.3 is 0 Å². The molecule has 8 heteroatoms. The van der Waals surface area contributed by atoms with Crippen molar-refractivity contribution in [3.8, 4) is 0 Å². The lowest BCUT2D eigenvalue weighted by atomic mass is 10.3. The Kier molecular flexibility index (Phi) is 3.54. The molecule has 0 atom stereocenters. The van der Waals surface area contributed by atoms with Gasteiger partial charge < -0.3 is 5.73 Å². The molecule has 19 heavy (non-hydrogen) atoms. The van der Waals surface area contributed by atoms with Gasteiger partial charge in [-0.25, -0.2) is 8.42 Å². The summed E-state index contributed by atoms with van der Waals surface area (Å²) in [6.07, 6.45) is 3.09. The molecule has 0 amide bonds. The van der Waals surface area contributed by atoms with Gasteiger partial charge in [-0.3, -0.25) is 14.8 Å². The van der Waals surface area contributed by atoms with Crippen LogP contribution in [0.15, 0.2) is 23.4 Å². The Morgan fingerprint density at radius 2 is 2.11 bits per heavy atom. The molecule has 102 valence electrons. The predicted molar refractivity (Wildman–Crippen MR) is 71.0 cm³/mol. The van der Waals surface area contributed by atoms with E-state index in [1.54, 1.807) is 19.2 Å². The predicted octanol–water partition coefficient (Wildman–Crippen LogP) is 0.681. The maximum atomic E-state index is 12.3. The molecule has 2 heterocycles. The zero-order chi connectivity index (χ0) is 14.0. The fourth-order valence-electron chi connectivity index (χ4n) is 1.78. The zero-order valence-corrected chi connectivity index (χ0v) is 11.5. The Hall–Kier alpha value is -1.93. The second-order valence-corrected chi connectivity index (χ2v) is 5.80. The average molecular weight is 281 g/mol. The average Bonchev–Trinajstić information content (AvgIpc) is 2.70. The van der Waals surface area contributed by atoms with Crippen LogP contribution in [0.25, 0.3) is 0 Å². The maximum Gasteiger partial charge on any atom is 0.265 e. The molecule has 0 bridgehead atoms. The smallest absolute Gasteiger partial charge is 0.265 e. The number of sulfonamides is 1. The second kappa shape index (κ2) is 4.98. The SMILES string of the molecule is Cc1cncc(NS(=O)(=O)c2c(CN)n[nH]c2C)c1. The standard InChI is InChI=1S/C11H15N5O2S/c1-7-3-9(6-13-5-7)16-19(17,18)11-8(2)14-15-10(11)4-12/h3,5-6,16H,4,12H2,1-2H3,(H,14,15). The highest BCUT2D eigenvalue weighted by Gasteiger charge is 2.23. The molecule has 0 aromatic carbocycles. The lowest BCUT2D eigenvalue weighted by Gasteiger charge is -2.08. The van der Waals surface area contributed by atoms with Gasteiger partial charge in [0.15, 0.2) is 0 Å². The number of H-pyrrole nitrogens is 1. The van der Waals surface area contributed by atoms with Crippen LogP contribution >= 0.6 is 0 Å². The van der Waals surface area contributed by atoms with Crippen LogP contribution in [0.5, 0.6) is 0 Å². The van der Waals surface area contributed by atoms with Crippen molar-refractivity contribution in [2.75, 3.05) is 4.72 Å². The van der Waals surface area contributed by atoms with E-state index >= 15 is 0 Å². The Balaban J connectivity index is 2.40. The van der Waals surface area contributed by atoms with Gasteiger partial charge in [0.2, 0.25) is 0 Å². The first-order valence-electron chi connectivity index (χ1n) is 5.62. The van der Waals surface area contributed by atoms with Crippen molar-refractivity contribution in [2.45, 2.75) is 25.3 Å². The van der Waals surface area contributed by atoms with E-state index in [1.165, 1.54) is 6.20 Å². The van der Waals surface area contributed by atoms with Crippen molar-refractivity contribution in [3.63, 3.8) is 0 Å². The van der Waals surface area contributed by atoms with E-state index in [-0.39, 0.29) is 11.4 Å². The van der Waals surface area contributed by atoms with Gasteiger partial charge in [0.05, 0.1) is 23.3 Å². The summed E-state index contributed by atoms with van der Waals surface area (Å²) >= 11 is 0. The summed E-state index contributed by atoms with van der Waals surface area (Å²) in [6, 6.07) is 1.70. The van der Waals surface area contributed by atoms with Crippen molar-refractivity contribution >= 4 is 15.7 Å². The van der Waals surface area contributed by atoms with Gasteiger partial charge in [0.1, 0.15) is 4.90 Å². The largest absolute Gasteiger partial charge is 0.325 e. The highest BCUT2D eigenvalue weighted by atomic mass is 32.2. The van der Waals surface area contributed by atoms with Crippen LogP contribution in [-0.4, -0.2) is 23.6 Å². The molecular formula is C11H15N5O2S. The molecule has 2 rings (SSSR count). The van der Waals surface area contributed by atoms with E-state index in [9.17, 15) is 8.42 Å². The van der Waals surface area contributed by atoms with E-state index in [4.69, 9.17) is 5.73 Å². The number of hydrogen-bond donors (Lipinski definition) is 3. The third-order valence-electron chi connectivity index (χ3n) is 2.55. The molecule has 4 N–H and O–H groups in total. The molecule has 2 aromatic rings. The minimum Gasteiger partial charge on any atom is -0.325 e. The maximum absolute atomic E-state index is 12.3. The number of aromatic amines is 1. The van der Waals surface area contributed by atoms with E-state index in [0.717, 1.165) is 5.56 Å². The zero-order valence-electron chi connectivity index (χ0n) is 10.6. The topological polar surface area (TPSA) is 114 Å². The minimum atomic E-state index is -3.72. The summed E-state index contributed by atoms with van der Waals surface area (Å²) < 4.78 is 27.1. The third-order valence-corrected chi connectivity index (χ3v) is 4.13. The fourth-order valence-corrected chi connectivity index (χ4v) is 3.19. The fraction of sp³-hybridized carbons (Fsp3) is 0.273. The molecule has 2 aromatic heterocycles. The van der Waals surface area contributed by atoms with Gasteiger partial charge in [-0.15, -0.1) is 0 Å². The van der Waals surface area contributed by atoms with Gasteiger partial charge in [-0.1, -0.05) is 0 Å². The summed E-state index contributed by atoms with van der Waals surface area (Å²) in [6.45, 7) is 3.51. The van der Waals surface area contributed by atoms with E-state index in [1.807, 2.05) is 6.92 Å². The monoisotopic (exact) mass is 281 g/mol.